The van der Waals surface area contributed by atoms with E-state index >= 15 is 0 Å². The zero-order chi connectivity index (χ0) is 11.9. The summed E-state index contributed by atoms with van der Waals surface area (Å²) in [5.41, 5.74) is 1.26. The fourth-order valence-electron chi connectivity index (χ4n) is 2.22. The van der Waals surface area contributed by atoms with E-state index in [1.54, 1.807) is 0 Å². The topological polar surface area (TPSA) is 34.1 Å². The van der Waals surface area contributed by atoms with Crippen molar-refractivity contribution < 1.29 is 4.74 Å². The number of nitrogens with zero attached hydrogens (tertiary/aromatic N) is 1. The molecular formula is C13H22N2OS. The third-order valence-corrected chi connectivity index (χ3v) is 4.10. The molecule has 96 valence electrons. The van der Waals surface area contributed by atoms with Crippen LogP contribution in [0, 0.1) is 5.92 Å². The van der Waals surface area contributed by atoms with Crippen molar-refractivity contribution in [3.63, 3.8) is 0 Å². The molecule has 0 spiro atoms. The molecule has 2 heterocycles. The van der Waals surface area contributed by atoms with Crippen LogP contribution in [-0.2, 0) is 17.6 Å². The van der Waals surface area contributed by atoms with Gasteiger partial charge < -0.3 is 10.1 Å². The van der Waals surface area contributed by atoms with E-state index in [-0.39, 0.29) is 0 Å². The van der Waals surface area contributed by atoms with E-state index in [1.807, 2.05) is 18.4 Å². The highest BCUT2D eigenvalue weighted by atomic mass is 32.1. The maximum Gasteiger partial charge on any atom is 0.0931 e. The Kier molecular flexibility index (Phi) is 5.42. The normalized spacial score (nSPS) is 20.6. The molecule has 1 aromatic heterocycles. The van der Waals surface area contributed by atoms with Gasteiger partial charge in [0.25, 0.3) is 0 Å². The van der Waals surface area contributed by atoms with Crippen molar-refractivity contribution >= 4 is 11.3 Å². The number of hydrogen-bond donors (Lipinski definition) is 1. The van der Waals surface area contributed by atoms with Gasteiger partial charge in [-0.2, -0.15) is 0 Å². The molecule has 0 amide bonds. The zero-order valence-corrected chi connectivity index (χ0v) is 11.4. The van der Waals surface area contributed by atoms with Gasteiger partial charge in [-0.25, -0.2) is 4.98 Å². The first-order valence-electron chi connectivity index (χ1n) is 6.54. The van der Waals surface area contributed by atoms with Gasteiger partial charge in [0.1, 0.15) is 0 Å². The molecule has 1 aliphatic rings. The largest absolute Gasteiger partial charge is 0.381 e. The molecule has 1 saturated heterocycles. The summed E-state index contributed by atoms with van der Waals surface area (Å²) in [6.45, 7) is 2.95. The molecular weight excluding hydrogens is 232 g/mol. The molecule has 0 bridgehead atoms. The lowest BCUT2D eigenvalue weighted by molar-refractivity contribution is 0.0550. The van der Waals surface area contributed by atoms with Crippen LogP contribution in [0.25, 0.3) is 0 Å². The first kappa shape index (κ1) is 13.0. The summed E-state index contributed by atoms with van der Waals surface area (Å²) >= 11 is 1.81. The van der Waals surface area contributed by atoms with Crippen LogP contribution >= 0.6 is 11.3 Å². The molecule has 0 aromatic carbocycles. The summed E-state index contributed by atoms with van der Waals surface area (Å²) in [7, 11) is 2.00. The smallest absolute Gasteiger partial charge is 0.0931 e. The van der Waals surface area contributed by atoms with Crippen LogP contribution in [0.2, 0.25) is 0 Å². The molecule has 4 heteroatoms. The van der Waals surface area contributed by atoms with E-state index in [9.17, 15) is 0 Å². The van der Waals surface area contributed by atoms with Crippen LogP contribution in [0.3, 0.4) is 0 Å². The van der Waals surface area contributed by atoms with Crippen molar-refractivity contribution in [2.75, 3.05) is 26.8 Å². The molecule has 1 N–H and O–H groups in total. The summed E-state index contributed by atoms with van der Waals surface area (Å²) in [4.78, 5) is 4.71. The van der Waals surface area contributed by atoms with Crippen LogP contribution in [-0.4, -0.2) is 31.8 Å². The Morgan fingerprint density at radius 1 is 1.59 bits per heavy atom. The monoisotopic (exact) mass is 254 g/mol. The Labute approximate surface area is 108 Å². The maximum absolute atomic E-state index is 5.51. The Hall–Kier alpha value is -0.450. The van der Waals surface area contributed by atoms with Gasteiger partial charge in [-0.3, -0.25) is 0 Å². The summed E-state index contributed by atoms with van der Waals surface area (Å²) in [5.74, 6) is 0.694. The van der Waals surface area contributed by atoms with Gasteiger partial charge in [0.15, 0.2) is 0 Å². The molecule has 1 atom stereocenters. The van der Waals surface area contributed by atoms with Crippen molar-refractivity contribution in [3.8, 4) is 0 Å². The molecule has 1 unspecified atom stereocenters. The number of aryl methyl sites for hydroxylation is 1. The van der Waals surface area contributed by atoms with Crippen LogP contribution in [0.5, 0.6) is 0 Å². The Bertz CT molecular complexity index is 321. The summed E-state index contributed by atoms with van der Waals surface area (Å²) in [6, 6.07) is 0. The maximum atomic E-state index is 5.51. The molecule has 0 aliphatic carbocycles. The molecule has 1 aromatic rings. The van der Waals surface area contributed by atoms with Crippen molar-refractivity contribution in [2.45, 2.75) is 32.1 Å². The summed E-state index contributed by atoms with van der Waals surface area (Å²) in [5, 5.41) is 6.68. The quantitative estimate of drug-likeness (QED) is 0.791. The predicted octanol–water partition coefficient (Wildman–Crippen LogP) is 2.26. The van der Waals surface area contributed by atoms with Gasteiger partial charge in [-0.05, 0) is 45.2 Å². The van der Waals surface area contributed by atoms with E-state index in [0.29, 0.717) is 5.92 Å². The minimum absolute atomic E-state index is 0.694. The molecule has 0 radical (unpaired) electrons. The standard InChI is InChI=1S/C13H22N2OS/c1-14-6-2-5-12-10-17-13(15-12)8-11-4-3-7-16-9-11/h10-11,14H,2-9H2,1H3. The van der Waals surface area contributed by atoms with Crippen molar-refractivity contribution in [1.29, 1.82) is 0 Å². The predicted molar refractivity (Wildman–Crippen MR) is 71.6 cm³/mol. The molecule has 1 aliphatic heterocycles. The highest BCUT2D eigenvalue weighted by Gasteiger charge is 2.16. The average molecular weight is 254 g/mol. The highest BCUT2D eigenvalue weighted by molar-refractivity contribution is 7.09. The van der Waals surface area contributed by atoms with Crippen LogP contribution in [0.4, 0.5) is 0 Å². The van der Waals surface area contributed by atoms with Gasteiger partial charge in [-0.15, -0.1) is 11.3 Å². The van der Waals surface area contributed by atoms with Gasteiger partial charge in [0.05, 0.1) is 10.7 Å². The Morgan fingerprint density at radius 2 is 2.53 bits per heavy atom. The van der Waals surface area contributed by atoms with Crippen molar-refractivity contribution in [3.05, 3.63) is 16.1 Å². The van der Waals surface area contributed by atoms with Gasteiger partial charge in [0, 0.05) is 25.0 Å². The van der Waals surface area contributed by atoms with Crippen LogP contribution in [0.1, 0.15) is 30.0 Å². The number of ether oxygens (including phenoxy) is 1. The van der Waals surface area contributed by atoms with E-state index < -0.39 is 0 Å². The second-order valence-electron chi connectivity index (χ2n) is 4.73. The van der Waals surface area contributed by atoms with E-state index in [2.05, 4.69) is 10.7 Å². The molecule has 0 saturated carbocycles. The minimum atomic E-state index is 0.694. The van der Waals surface area contributed by atoms with Gasteiger partial charge in [0.2, 0.25) is 0 Å². The van der Waals surface area contributed by atoms with E-state index in [0.717, 1.165) is 32.6 Å². The third-order valence-electron chi connectivity index (χ3n) is 3.18. The fourth-order valence-corrected chi connectivity index (χ4v) is 3.16. The molecule has 17 heavy (non-hydrogen) atoms. The van der Waals surface area contributed by atoms with Gasteiger partial charge >= 0.3 is 0 Å². The molecule has 3 nitrogen and oxygen atoms in total. The number of thiazole rings is 1. The fraction of sp³-hybridized carbons (Fsp3) is 0.769. The van der Waals surface area contributed by atoms with Crippen LogP contribution < -0.4 is 5.32 Å². The zero-order valence-electron chi connectivity index (χ0n) is 10.6. The highest BCUT2D eigenvalue weighted by Crippen LogP contribution is 2.21. The first-order chi connectivity index (χ1) is 8.38. The minimum Gasteiger partial charge on any atom is -0.381 e. The Balaban J connectivity index is 1.76. The molecule has 2 rings (SSSR count). The number of rotatable bonds is 6. The van der Waals surface area contributed by atoms with Crippen molar-refractivity contribution in [2.24, 2.45) is 5.92 Å². The Morgan fingerprint density at radius 3 is 3.29 bits per heavy atom. The average Bonchev–Trinajstić information content (AvgIpc) is 2.79. The van der Waals surface area contributed by atoms with E-state index in [1.165, 1.54) is 30.0 Å². The SMILES string of the molecule is CNCCCc1csc(CC2CCCOC2)n1. The number of nitrogens with one attached hydrogen (secondary N) is 1. The van der Waals surface area contributed by atoms with Crippen LogP contribution in [0.15, 0.2) is 5.38 Å². The molecule has 1 fully saturated rings. The summed E-state index contributed by atoms with van der Waals surface area (Å²) < 4.78 is 5.51. The lowest BCUT2D eigenvalue weighted by Gasteiger charge is -2.20. The van der Waals surface area contributed by atoms with Crippen molar-refractivity contribution in [1.82, 2.24) is 10.3 Å². The third kappa shape index (κ3) is 4.37. The summed E-state index contributed by atoms with van der Waals surface area (Å²) in [6.07, 6.45) is 5.89. The van der Waals surface area contributed by atoms with E-state index in [4.69, 9.17) is 9.72 Å². The number of hydrogen-bond acceptors (Lipinski definition) is 4. The first-order valence-corrected chi connectivity index (χ1v) is 7.42. The lowest BCUT2D eigenvalue weighted by Crippen LogP contribution is -2.19. The van der Waals surface area contributed by atoms with Gasteiger partial charge in [-0.1, -0.05) is 0 Å². The lowest BCUT2D eigenvalue weighted by atomic mass is 9.99. The number of aromatic nitrogens is 1. The second-order valence-corrected chi connectivity index (χ2v) is 5.67. The second kappa shape index (κ2) is 7.09.